The quantitative estimate of drug-likeness (QED) is 0.831. The van der Waals surface area contributed by atoms with Crippen molar-refractivity contribution < 1.29 is 0 Å². The van der Waals surface area contributed by atoms with Crippen LogP contribution in [0.5, 0.6) is 0 Å². The Labute approximate surface area is 113 Å². The van der Waals surface area contributed by atoms with Crippen LogP contribution in [0.2, 0.25) is 0 Å². The van der Waals surface area contributed by atoms with E-state index in [-0.39, 0.29) is 0 Å². The van der Waals surface area contributed by atoms with Crippen molar-refractivity contribution in [1.29, 1.82) is 5.26 Å². The lowest BCUT2D eigenvalue weighted by atomic mass is 10.1. The maximum atomic E-state index is 8.89. The van der Waals surface area contributed by atoms with Gasteiger partial charge in [-0.3, -0.25) is 0 Å². The first-order chi connectivity index (χ1) is 9.01. The fourth-order valence-electron chi connectivity index (χ4n) is 2.15. The lowest BCUT2D eigenvalue weighted by Gasteiger charge is -2.21. The van der Waals surface area contributed by atoms with Crippen LogP contribution in [0.3, 0.4) is 0 Å². The summed E-state index contributed by atoms with van der Waals surface area (Å²) in [5, 5.41) is 8.89. The Hall–Kier alpha value is -2.47. The van der Waals surface area contributed by atoms with Gasteiger partial charge >= 0.3 is 0 Å². The highest BCUT2D eigenvalue weighted by molar-refractivity contribution is 5.70. The highest BCUT2D eigenvalue weighted by Gasteiger charge is 2.07. The summed E-state index contributed by atoms with van der Waals surface area (Å²) in [7, 11) is 2.00. The Balaban J connectivity index is 2.41. The monoisotopic (exact) mass is 251 g/mol. The molecule has 0 saturated carbocycles. The van der Waals surface area contributed by atoms with Crippen LogP contribution in [0.15, 0.2) is 36.4 Å². The van der Waals surface area contributed by atoms with Gasteiger partial charge in [-0.15, -0.1) is 0 Å². The van der Waals surface area contributed by atoms with E-state index >= 15 is 0 Å². The third-order valence-corrected chi connectivity index (χ3v) is 3.14. The Bertz CT molecular complexity index is 633. The molecule has 0 spiro atoms. The van der Waals surface area contributed by atoms with Gasteiger partial charge in [-0.05, 0) is 55.3 Å². The van der Waals surface area contributed by atoms with E-state index in [0.29, 0.717) is 11.3 Å². The molecule has 0 amide bonds. The number of nitrogen functional groups attached to an aromatic ring is 1. The first kappa shape index (κ1) is 13.0. The van der Waals surface area contributed by atoms with E-state index in [2.05, 4.69) is 43.0 Å². The molecule has 2 aromatic rings. The van der Waals surface area contributed by atoms with Crippen molar-refractivity contribution in [2.24, 2.45) is 0 Å². The number of nitrogens with two attached hydrogens (primary N) is 1. The van der Waals surface area contributed by atoms with Crippen LogP contribution < -0.4 is 10.6 Å². The van der Waals surface area contributed by atoms with Gasteiger partial charge in [-0.1, -0.05) is 6.07 Å². The molecule has 3 nitrogen and oxygen atoms in total. The van der Waals surface area contributed by atoms with E-state index in [1.165, 1.54) is 11.1 Å². The zero-order valence-electron chi connectivity index (χ0n) is 11.4. The van der Waals surface area contributed by atoms with Crippen molar-refractivity contribution in [3.8, 4) is 6.07 Å². The van der Waals surface area contributed by atoms with E-state index in [1.807, 2.05) is 19.2 Å². The highest BCUT2D eigenvalue weighted by Crippen LogP contribution is 2.28. The van der Waals surface area contributed by atoms with Crippen molar-refractivity contribution in [1.82, 2.24) is 0 Å². The van der Waals surface area contributed by atoms with Crippen LogP contribution >= 0.6 is 0 Å². The van der Waals surface area contributed by atoms with Gasteiger partial charge in [0.25, 0.3) is 0 Å². The van der Waals surface area contributed by atoms with Crippen molar-refractivity contribution in [3.05, 3.63) is 53.1 Å². The number of nitrogens with zero attached hydrogens (tertiary/aromatic N) is 2. The number of hydrogen-bond acceptors (Lipinski definition) is 3. The highest BCUT2D eigenvalue weighted by atomic mass is 15.1. The van der Waals surface area contributed by atoms with Crippen LogP contribution in [0.25, 0.3) is 0 Å². The Kier molecular flexibility index (Phi) is 3.43. The fraction of sp³-hybridized carbons (Fsp3) is 0.188. The summed E-state index contributed by atoms with van der Waals surface area (Å²) in [6.45, 7) is 4.16. The summed E-state index contributed by atoms with van der Waals surface area (Å²) in [4.78, 5) is 2.07. The Morgan fingerprint density at radius 1 is 1.00 bits per heavy atom. The SMILES string of the molecule is Cc1cc(C)cc(N(C)c2ccc(C#N)c(N)c2)c1. The lowest BCUT2D eigenvalue weighted by Crippen LogP contribution is -2.10. The standard InChI is InChI=1S/C16H17N3/c1-11-6-12(2)8-15(7-11)19(3)14-5-4-13(10-17)16(18)9-14/h4-9H,18H2,1-3H3. The van der Waals surface area contributed by atoms with Gasteiger partial charge in [0.15, 0.2) is 0 Å². The second kappa shape index (κ2) is 5.03. The molecule has 0 atom stereocenters. The maximum Gasteiger partial charge on any atom is 0.101 e. The van der Waals surface area contributed by atoms with E-state index in [9.17, 15) is 0 Å². The molecule has 2 aromatic carbocycles. The first-order valence-corrected chi connectivity index (χ1v) is 6.13. The Morgan fingerprint density at radius 2 is 1.63 bits per heavy atom. The lowest BCUT2D eigenvalue weighted by molar-refractivity contribution is 1.19. The molecule has 0 aliphatic carbocycles. The van der Waals surface area contributed by atoms with Gasteiger partial charge in [0.05, 0.1) is 11.3 Å². The summed E-state index contributed by atoms with van der Waals surface area (Å²) in [6.07, 6.45) is 0. The van der Waals surface area contributed by atoms with Crippen LogP contribution in [-0.4, -0.2) is 7.05 Å². The molecule has 0 aliphatic rings. The van der Waals surface area contributed by atoms with E-state index < -0.39 is 0 Å². The Morgan fingerprint density at radius 3 is 2.16 bits per heavy atom. The topological polar surface area (TPSA) is 53.0 Å². The minimum Gasteiger partial charge on any atom is -0.398 e. The summed E-state index contributed by atoms with van der Waals surface area (Å²) >= 11 is 0. The number of nitriles is 1. The molecule has 19 heavy (non-hydrogen) atoms. The largest absolute Gasteiger partial charge is 0.398 e. The van der Waals surface area contributed by atoms with E-state index in [0.717, 1.165) is 11.4 Å². The van der Waals surface area contributed by atoms with Crippen molar-refractivity contribution in [3.63, 3.8) is 0 Å². The minimum atomic E-state index is 0.510. The molecule has 2 rings (SSSR count). The smallest absolute Gasteiger partial charge is 0.101 e. The zero-order valence-corrected chi connectivity index (χ0v) is 11.4. The molecule has 0 fully saturated rings. The van der Waals surface area contributed by atoms with Gasteiger partial charge in [-0.25, -0.2) is 0 Å². The van der Waals surface area contributed by atoms with Crippen molar-refractivity contribution in [2.75, 3.05) is 17.7 Å². The predicted molar refractivity (Wildman–Crippen MR) is 79.5 cm³/mol. The molecule has 0 aliphatic heterocycles. The van der Waals surface area contributed by atoms with Crippen LogP contribution in [0.4, 0.5) is 17.1 Å². The molecule has 3 heteroatoms. The average molecular weight is 251 g/mol. The summed E-state index contributed by atoms with van der Waals surface area (Å²) in [5.41, 5.74) is 11.4. The molecule has 0 unspecified atom stereocenters. The van der Waals surface area contributed by atoms with Crippen molar-refractivity contribution >= 4 is 17.1 Å². The first-order valence-electron chi connectivity index (χ1n) is 6.13. The molecule has 2 N–H and O–H groups in total. The summed E-state index contributed by atoms with van der Waals surface area (Å²) in [6, 6.07) is 14.0. The molecule has 0 aromatic heterocycles. The van der Waals surface area contributed by atoms with Gasteiger partial charge < -0.3 is 10.6 Å². The van der Waals surface area contributed by atoms with Gasteiger partial charge in [0.1, 0.15) is 6.07 Å². The molecule has 96 valence electrons. The van der Waals surface area contributed by atoms with Crippen LogP contribution in [0.1, 0.15) is 16.7 Å². The third kappa shape index (κ3) is 2.69. The third-order valence-electron chi connectivity index (χ3n) is 3.14. The molecule has 0 saturated heterocycles. The molecule has 0 bridgehead atoms. The van der Waals surface area contributed by atoms with Crippen molar-refractivity contribution in [2.45, 2.75) is 13.8 Å². The number of rotatable bonds is 2. The number of anilines is 3. The minimum absolute atomic E-state index is 0.510. The molecular formula is C16H17N3. The van der Waals surface area contributed by atoms with Crippen LogP contribution in [0, 0.1) is 25.2 Å². The fourth-order valence-corrected chi connectivity index (χ4v) is 2.15. The second-order valence-corrected chi connectivity index (χ2v) is 4.79. The maximum absolute atomic E-state index is 8.89. The zero-order chi connectivity index (χ0) is 14.0. The van der Waals surface area contributed by atoms with E-state index in [4.69, 9.17) is 11.0 Å². The predicted octanol–water partition coefficient (Wildman–Crippen LogP) is 3.53. The van der Waals surface area contributed by atoms with Gasteiger partial charge in [-0.2, -0.15) is 5.26 Å². The summed E-state index contributed by atoms with van der Waals surface area (Å²) < 4.78 is 0. The molecular weight excluding hydrogens is 234 g/mol. The second-order valence-electron chi connectivity index (χ2n) is 4.79. The van der Waals surface area contributed by atoms with Crippen LogP contribution in [-0.2, 0) is 0 Å². The average Bonchev–Trinajstić information content (AvgIpc) is 2.36. The van der Waals surface area contributed by atoms with Gasteiger partial charge in [0, 0.05) is 18.4 Å². The number of benzene rings is 2. The van der Waals surface area contributed by atoms with Gasteiger partial charge in [0.2, 0.25) is 0 Å². The molecule has 0 heterocycles. The normalized spacial score (nSPS) is 10.0. The molecule has 0 radical (unpaired) electrons. The number of hydrogen-bond donors (Lipinski definition) is 1. The van der Waals surface area contributed by atoms with E-state index in [1.54, 1.807) is 6.07 Å². The summed E-state index contributed by atoms with van der Waals surface area (Å²) in [5.74, 6) is 0. The number of aryl methyl sites for hydroxylation is 2.